The van der Waals surface area contributed by atoms with Crippen molar-refractivity contribution in [2.24, 2.45) is 0 Å². The van der Waals surface area contributed by atoms with Gasteiger partial charge in [0.25, 0.3) is 0 Å². The number of hydrogen-bond donors (Lipinski definition) is 1. The lowest BCUT2D eigenvalue weighted by Crippen LogP contribution is -2.41. The Morgan fingerprint density at radius 1 is 1.44 bits per heavy atom. The smallest absolute Gasteiger partial charge is 0.0408 e. The maximum atomic E-state index is 11.3. The minimum absolute atomic E-state index is 0.586. The van der Waals surface area contributed by atoms with Gasteiger partial charge < -0.3 is 5.32 Å². The summed E-state index contributed by atoms with van der Waals surface area (Å²) in [6.07, 6.45) is 2.33. The Kier molecular flexibility index (Phi) is 5.22. The van der Waals surface area contributed by atoms with Crippen LogP contribution in [0, 0.1) is 0 Å². The summed E-state index contributed by atoms with van der Waals surface area (Å²) in [7, 11) is -0.649. The molecule has 1 unspecified atom stereocenters. The van der Waals surface area contributed by atoms with E-state index in [0.717, 1.165) is 23.1 Å². The van der Waals surface area contributed by atoms with Crippen molar-refractivity contribution in [2.75, 3.05) is 18.1 Å². The number of nitrogens with one attached hydrogen (secondary N) is 1. The Labute approximate surface area is 117 Å². The summed E-state index contributed by atoms with van der Waals surface area (Å²) in [5, 5.41) is 4.29. The average molecular weight is 286 g/mol. The number of halogens is 1. The van der Waals surface area contributed by atoms with Crippen LogP contribution >= 0.6 is 11.6 Å². The van der Waals surface area contributed by atoms with Gasteiger partial charge in [-0.25, -0.2) is 0 Å². The predicted octanol–water partition coefficient (Wildman–Crippen LogP) is 2.94. The van der Waals surface area contributed by atoms with E-state index < -0.39 is 10.8 Å². The van der Waals surface area contributed by atoms with Crippen molar-refractivity contribution in [1.82, 2.24) is 5.32 Å². The van der Waals surface area contributed by atoms with Crippen molar-refractivity contribution in [1.29, 1.82) is 0 Å². The molecule has 0 spiro atoms. The van der Waals surface area contributed by atoms with E-state index in [4.69, 9.17) is 11.6 Å². The first kappa shape index (κ1) is 14.0. The highest BCUT2D eigenvalue weighted by Crippen LogP contribution is 2.37. The van der Waals surface area contributed by atoms with Gasteiger partial charge >= 0.3 is 0 Å². The number of benzene rings is 1. The molecule has 1 aromatic carbocycles. The lowest BCUT2D eigenvalue weighted by molar-refractivity contribution is 0.296. The van der Waals surface area contributed by atoms with Crippen LogP contribution in [0.4, 0.5) is 0 Å². The Morgan fingerprint density at radius 2 is 2.22 bits per heavy atom. The van der Waals surface area contributed by atoms with Crippen LogP contribution in [0.2, 0.25) is 5.02 Å². The molecule has 0 heterocycles. The average Bonchev–Trinajstić information content (AvgIpc) is 2.31. The van der Waals surface area contributed by atoms with Gasteiger partial charge in [0.2, 0.25) is 0 Å². The lowest BCUT2D eigenvalue weighted by Gasteiger charge is -2.36. The summed E-state index contributed by atoms with van der Waals surface area (Å²) in [5.74, 6) is 2.17. The highest BCUT2D eigenvalue weighted by atomic mass is 35.5. The quantitative estimate of drug-likeness (QED) is 0.871. The van der Waals surface area contributed by atoms with Crippen LogP contribution in [0.15, 0.2) is 24.3 Å². The molecular weight excluding hydrogens is 266 g/mol. The maximum absolute atomic E-state index is 11.3. The monoisotopic (exact) mass is 285 g/mol. The minimum Gasteiger partial charge on any atom is -0.313 e. The van der Waals surface area contributed by atoms with Crippen LogP contribution in [-0.4, -0.2) is 28.3 Å². The molecule has 2 rings (SSSR count). The largest absolute Gasteiger partial charge is 0.313 e. The molecule has 0 aliphatic heterocycles. The Hall–Kier alpha value is -0.380. The fraction of sp³-hybridized carbons (Fsp3) is 0.571. The zero-order valence-electron chi connectivity index (χ0n) is 10.7. The standard InChI is InChI=1S/C14H20ClNOS/c1-2-18(17)7-6-16-14-9-12(10-14)11-4-3-5-13(15)8-11/h3-5,8,12,14,16H,2,6-7,9-10H2,1H3. The van der Waals surface area contributed by atoms with Crippen molar-refractivity contribution in [3.05, 3.63) is 34.9 Å². The normalized spacial score (nSPS) is 24.6. The molecule has 1 aliphatic rings. The highest BCUT2D eigenvalue weighted by Gasteiger charge is 2.29. The molecule has 2 nitrogen and oxygen atoms in total. The number of rotatable bonds is 6. The topological polar surface area (TPSA) is 29.1 Å². The van der Waals surface area contributed by atoms with Crippen LogP contribution in [0.5, 0.6) is 0 Å². The Bertz CT molecular complexity index is 418. The van der Waals surface area contributed by atoms with E-state index in [1.165, 1.54) is 18.4 Å². The molecule has 1 fully saturated rings. The first-order chi connectivity index (χ1) is 8.69. The van der Waals surface area contributed by atoms with Gasteiger partial charge in [0, 0.05) is 39.9 Å². The molecule has 100 valence electrons. The lowest BCUT2D eigenvalue weighted by atomic mass is 9.76. The van der Waals surface area contributed by atoms with E-state index in [1.807, 2.05) is 19.1 Å². The molecule has 0 saturated heterocycles. The van der Waals surface area contributed by atoms with E-state index in [1.54, 1.807) is 0 Å². The second-order valence-corrected chi connectivity index (χ2v) is 7.11. The van der Waals surface area contributed by atoms with Crippen molar-refractivity contribution in [3.8, 4) is 0 Å². The van der Waals surface area contributed by atoms with Gasteiger partial charge in [0.1, 0.15) is 0 Å². The van der Waals surface area contributed by atoms with E-state index in [2.05, 4.69) is 17.4 Å². The second-order valence-electron chi connectivity index (χ2n) is 4.81. The van der Waals surface area contributed by atoms with Gasteiger partial charge in [-0.2, -0.15) is 0 Å². The van der Waals surface area contributed by atoms with Crippen molar-refractivity contribution in [3.63, 3.8) is 0 Å². The molecule has 4 heteroatoms. The van der Waals surface area contributed by atoms with Gasteiger partial charge in [-0.15, -0.1) is 0 Å². The first-order valence-corrected chi connectivity index (χ1v) is 8.39. The van der Waals surface area contributed by atoms with Gasteiger partial charge in [0.15, 0.2) is 0 Å². The molecule has 1 aromatic rings. The molecule has 1 atom stereocenters. The molecule has 1 saturated carbocycles. The minimum atomic E-state index is -0.649. The molecule has 0 amide bonds. The van der Waals surface area contributed by atoms with Crippen LogP contribution < -0.4 is 5.32 Å². The van der Waals surface area contributed by atoms with E-state index in [9.17, 15) is 4.21 Å². The molecule has 1 aliphatic carbocycles. The van der Waals surface area contributed by atoms with Crippen molar-refractivity contribution < 1.29 is 4.21 Å². The molecule has 18 heavy (non-hydrogen) atoms. The van der Waals surface area contributed by atoms with Crippen LogP contribution in [0.25, 0.3) is 0 Å². The summed E-state index contributed by atoms with van der Waals surface area (Å²) >= 11 is 5.99. The zero-order chi connectivity index (χ0) is 13.0. The van der Waals surface area contributed by atoms with Gasteiger partial charge in [-0.05, 0) is 36.5 Å². The fourth-order valence-corrected chi connectivity index (χ4v) is 3.17. The SMILES string of the molecule is CCS(=O)CCNC1CC(c2cccc(Cl)c2)C1. The zero-order valence-corrected chi connectivity index (χ0v) is 12.3. The van der Waals surface area contributed by atoms with Crippen molar-refractivity contribution >= 4 is 22.4 Å². The van der Waals surface area contributed by atoms with Gasteiger partial charge in [-0.1, -0.05) is 30.7 Å². The molecule has 0 bridgehead atoms. The van der Waals surface area contributed by atoms with Gasteiger partial charge in [-0.3, -0.25) is 4.21 Å². The van der Waals surface area contributed by atoms with E-state index in [0.29, 0.717) is 12.0 Å². The van der Waals surface area contributed by atoms with Crippen LogP contribution in [0.1, 0.15) is 31.2 Å². The second kappa shape index (κ2) is 6.69. The first-order valence-electron chi connectivity index (χ1n) is 6.53. The molecule has 0 aromatic heterocycles. The third-order valence-electron chi connectivity index (χ3n) is 3.54. The Morgan fingerprint density at radius 3 is 2.89 bits per heavy atom. The van der Waals surface area contributed by atoms with E-state index in [-0.39, 0.29) is 0 Å². The molecule has 0 radical (unpaired) electrons. The number of hydrogen-bond acceptors (Lipinski definition) is 2. The van der Waals surface area contributed by atoms with E-state index >= 15 is 0 Å². The van der Waals surface area contributed by atoms with Crippen molar-refractivity contribution in [2.45, 2.75) is 31.7 Å². The third kappa shape index (κ3) is 3.81. The molecular formula is C14H20ClNOS. The summed E-state index contributed by atoms with van der Waals surface area (Å²) in [6.45, 7) is 2.84. The van der Waals surface area contributed by atoms with Gasteiger partial charge in [0.05, 0.1) is 0 Å². The third-order valence-corrected chi connectivity index (χ3v) is 5.08. The van der Waals surface area contributed by atoms with Crippen LogP contribution in [0.3, 0.4) is 0 Å². The molecule has 1 N–H and O–H groups in total. The highest BCUT2D eigenvalue weighted by molar-refractivity contribution is 7.84. The summed E-state index contributed by atoms with van der Waals surface area (Å²) in [5.41, 5.74) is 1.35. The summed E-state index contributed by atoms with van der Waals surface area (Å²) in [4.78, 5) is 0. The van der Waals surface area contributed by atoms with Crippen LogP contribution in [-0.2, 0) is 10.8 Å². The maximum Gasteiger partial charge on any atom is 0.0408 e. The fourth-order valence-electron chi connectivity index (χ4n) is 2.34. The predicted molar refractivity (Wildman–Crippen MR) is 78.8 cm³/mol. The summed E-state index contributed by atoms with van der Waals surface area (Å²) < 4.78 is 11.3. The Balaban J connectivity index is 1.69. The summed E-state index contributed by atoms with van der Waals surface area (Å²) in [6, 6.07) is 8.73.